The lowest BCUT2D eigenvalue weighted by Crippen LogP contribution is -2.55. The van der Waals surface area contributed by atoms with Crippen molar-refractivity contribution in [3.63, 3.8) is 0 Å². The normalized spacial score (nSPS) is 25.1. The van der Waals surface area contributed by atoms with Gasteiger partial charge in [-0.25, -0.2) is 4.39 Å². The second-order valence-corrected chi connectivity index (χ2v) is 7.61. The molecule has 148 valence electrons. The smallest absolute Gasteiger partial charge is 0.241 e. The Balaban J connectivity index is 1.49. The van der Waals surface area contributed by atoms with Crippen LogP contribution in [0.25, 0.3) is 0 Å². The predicted molar refractivity (Wildman–Crippen MR) is 103 cm³/mol. The lowest BCUT2D eigenvalue weighted by molar-refractivity contribution is -0.139. The molecule has 2 N–H and O–H groups in total. The van der Waals surface area contributed by atoms with Crippen molar-refractivity contribution in [2.45, 2.75) is 38.8 Å². The molecule has 2 fully saturated rings. The molecule has 1 unspecified atom stereocenters. The zero-order valence-electron chi connectivity index (χ0n) is 16.1. The molecule has 3 rings (SSSR count). The first-order valence-corrected chi connectivity index (χ1v) is 9.76. The van der Waals surface area contributed by atoms with Crippen molar-refractivity contribution in [1.29, 1.82) is 0 Å². The number of carbonyl (C=O) groups excluding carboxylic acids is 2. The maximum atomic E-state index is 13.3. The minimum absolute atomic E-state index is 0.112. The van der Waals surface area contributed by atoms with Crippen LogP contribution in [0.1, 0.15) is 26.7 Å². The number of halogens is 1. The van der Waals surface area contributed by atoms with Crippen molar-refractivity contribution in [1.82, 2.24) is 15.1 Å². The number of piperidine rings is 1. The summed E-state index contributed by atoms with van der Waals surface area (Å²) in [6, 6.07) is 5.95. The summed E-state index contributed by atoms with van der Waals surface area (Å²) in [6.07, 6.45) is 1.79. The molecule has 0 aliphatic carbocycles. The SMILES string of the molecule is CC(C(=O)Nc1cccc(F)c1)N1CCN(C(=O)[C@H]2CCN[C@@H](C)C2)CC1. The van der Waals surface area contributed by atoms with E-state index < -0.39 is 0 Å². The van der Waals surface area contributed by atoms with Gasteiger partial charge in [-0.05, 0) is 51.4 Å². The molecular formula is C20H29FN4O2. The number of hydrogen-bond donors (Lipinski definition) is 2. The van der Waals surface area contributed by atoms with E-state index >= 15 is 0 Å². The topological polar surface area (TPSA) is 64.7 Å². The van der Waals surface area contributed by atoms with Crippen molar-refractivity contribution in [2.75, 3.05) is 38.0 Å². The van der Waals surface area contributed by atoms with Crippen LogP contribution in [0, 0.1) is 11.7 Å². The molecule has 2 aliphatic heterocycles. The van der Waals surface area contributed by atoms with Crippen molar-refractivity contribution >= 4 is 17.5 Å². The fourth-order valence-corrected chi connectivity index (χ4v) is 3.92. The third-order valence-electron chi connectivity index (χ3n) is 5.62. The Morgan fingerprint density at radius 1 is 1.26 bits per heavy atom. The lowest BCUT2D eigenvalue weighted by atomic mass is 9.92. The van der Waals surface area contributed by atoms with E-state index in [9.17, 15) is 14.0 Å². The fraction of sp³-hybridized carbons (Fsp3) is 0.600. The number of piperazine rings is 1. The number of amides is 2. The standard InChI is InChI=1S/C20H29FN4O2/c1-14-12-16(6-7-22-14)20(27)25-10-8-24(9-11-25)15(2)19(26)23-18-5-3-4-17(21)13-18/h3-5,13-16,22H,6-12H2,1-2H3,(H,23,26)/t14-,15?,16-/m0/s1. The number of anilines is 1. The van der Waals surface area contributed by atoms with Crippen LogP contribution in [-0.2, 0) is 9.59 Å². The molecule has 7 heteroatoms. The van der Waals surface area contributed by atoms with E-state index in [1.807, 2.05) is 11.8 Å². The maximum Gasteiger partial charge on any atom is 0.241 e. The summed E-state index contributed by atoms with van der Waals surface area (Å²) in [4.78, 5) is 29.2. The molecule has 0 aromatic heterocycles. The van der Waals surface area contributed by atoms with Crippen molar-refractivity contribution in [2.24, 2.45) is 5.92 Å². The molecule has 2 amide bonds. The molecule has 2 heterocycles. The van der Waals surface area contributed by atoms with Gasteiger partial charge in [-0.2, -0.15) is 0 Å². The molecule has 0 saturated carbocycles. The minimum atomic E-state index is -0.375. The van der Waals surface area contributed by atoms with Crippen LogP contribution in [-0.4, -0.2) is 66.4 Å². The highest BCUT2D eigenvalue weighted by molar-refractivity contribution is 5.94. The molecule has 0 bridgehead atoms. The van der Waals surface area contributed by atoms with E-state index in [-0.39, 0.29) is 29.6 Å². The summed E-state index contributed by atoms with van der Waals surface area (Å²) in [5, 5.41) is 6.14. The molecule has 2 aliphatic rings. The van der Waals surface area contributed by atoms with Gasteiger partial charge in [-0.15, -0.1) is 0 Å². The van der Waals surface area contributed by atoms with Gasteiger partial charge in [0.25, 0.3) is 0 Å². The van der Waals surface area contributed by atoms with E-state index in [1.54, 1.807) is 12.1 Å². The quantitative estimate of drug-likeness (QED) is 0.839. The van der Waals surface area contributed by atoms with E-state index in [2.05, 4.69) is 22.5 Å². The average Bonchev–Trinajstić information content (AvgIpc) is 2.67. The zero-order valence-corrected chi connectivity index (χ0v) is 16.1. The van der Waals surface area contributed by atoms with Crippen LogP contribution < -0.4 is 10.6 Å². The first-order valence-electron chi connectivity index (χ1n) is 9.76. The highest BCUT2D eigenvalue weighted by atomic mass is 19.1. The summed E-state index contributed by atoms with van der Waals surface area (Å²) in [5.41, 5.74) is 0.459. The van der Waals surface area contributed by atoms with Gasteiger partial charge in [0, 0.05) is 43.8 Å². The third kappa shape index (κ3) is 5.05. The van der Waals surface area contributed by atoms with Crippen molar-refractivity contribution in [3.8, 4) is 0 Å². The summed E-state index contributed by atoms with van der Waals surface area (Å²) < 4.78 is 13.3. The highest BCUT2D eigenvalue weighted by Gasteiger charge is 2.32. The van der Waals surface area contributed by atoms with Gasteiger partial charge in [-0.1, -0.05) is 6.07 Å². The lowest BCUT2D eigenvalue weighted by Gasteiger charge is -2.39. The summed E-state index contributed by atoms with van der Waals surface area (Å²) in [6.45, 7) is 7.50. The van der Waals surface area contributed by atoms with Crippen molar-refractivity contribution in [3.05, 3.63) is 30.1 Å². The van der Waals surface area contributed by atoms with Crippen LogP contribution in [0.4, 0.5) is 10.1 Å². The number of rotatable bonds is 4. The van der Waals surface area contributed by atoms with Crippen LogP contribution in [0.2, 0.25) is 0 Å². The first-order chi connectivity index (χ1) is 12.9. The number of nitrogens with one attached hydrogen (secondary N) is 2. The van der Waals surface area contributed by atoms with Gasteiger partial charge < -0.3 is 15.5 Å². The largest absolute Gasteiger partial charge is 0.340 e. The van der Waals surface area contributed by atoms with Crippen LogP contribution in [0.3, 0.4) is 0 Å². The molecular weight excluding hydrogens is 347 g/mol. The Morgan fingerprint density at radius 2 is 2.00 bits per heavy atom. The van der Waals surface area contributed by atoms with Crippen LogP contribution in [0.15, 0.2) is 24.3 Å². The molecule has 2 saturated heterocycles. The van der Waals surface area contributed by atoms with Gasteiger partial charge >= 0.3 is 0 Å². The van der Waals surface area contributed by atoms with Crippen LogP contribution >= 0.6 is 0 Å². The number of nitrogens with zero attached hydrogens (tertiary/aromatic N) is 2. The highest BCUT2D eigenvalue weighted by Crippen LogP contribution is 2.20. The zero-order chi connectivity index (χ0) is 19.4. The van der Waals surface area contributed by atoms with E-state index in [1.165, 1.54) is 12.1 Å². The molecule has 1 aromatic carbocycles. The summed E-state index contributed by atoms with van der Waals surface area (Å²) >= 11 is 0. The van der Waals surface area contributed by atoms with Crippen LogP contribution in [0.5, 0.6) is 0 Å². The van der Waals surface area contributed by atoms with E-state index in [0.29, 0.717) is 37.9 Å². The third-order valence-corrected chi connectivity index (χ3v) is 5.62. The molecule has 0 spiro atoms. The fourth-order valence-electron chi connectivity index (χ4n) is 3.92. The molecule has 0 radical (unpaired) electrons. The maximum absolute atomic E-state index is 13.3. The van der Waals surface area contributed by atoms with E-state index in [4.69, 9.17) is 0 Å². The molecule has 1 aromatic rings. The first kappa shape index (κ1) is 19.8. The van der Waals surface area contributed by atoms with E-state index in [0.717, 1.165) is 19.4 Å². The Kier molecular flexibility index (Phi) is 6.44. The minimum Gasteiger partial charge on any atom is -0.340 e. The predicted octanol–water partition coefficient (Wildman–Crippen LogP) is 1.68. The van der Waals surface area contributed by atoms with Gasteiger partial charge in [0.1, 0.15) is 5.82 Å². The summed E-state index contributed by atoms with van der Waals surface area (Å²) in [7, 11) is 0. The van der Waals surface area contributed by atoms with Gasteiger partial charge in [0.05, 0.1) is 6.04 Å². The number of benzene rings is 1. The molecule has 3 atom stereocenters. The second-order valence-electron chi connectivity index (χ2n) is 7.61. The second kappa shape index (κ2) is 8.80. The Labute approximate surface area is 160 Å². The molecule has 6 nitrogen and oxygen atoms in total. The molecule has 27 heavy (non-hydrogen) atoms. The summed E-state index contributed by atoms with van der Waals surface area (Å²) in [5.74, 6) is -0.172. The van der Waals surface area contributed by atoms with Gasteiger partial charge in [-0.3, -0.25) is 14.5 Å². The Hall–Kier alpha value is -1.99. The Morgan fingerprint density at radius 3 is 2.67 bits per heavy atom. The number of hydrogen-bond acceptors (Lipinski definition) is 4. The van der Waals surface area contributed by atoms with Gasteiger partial charge in [0.15, 0.2) is 0 Å². The van der Waals surface area contributed by atoms with Crippen molar-refractivity contribution < 1.29 is 14.0 Å². The average molecular weight is 376 g/mol. The monoisotopic (exact) mass is 376 g/mol. The van der Waals surface area contributed by atoms with Gasteiger partial charge in [0.2, 0.25) is 11.8 Å². The Bertz CT molecular complexity index is 676. The number of carbonyl (C=O) groups is 2.